The van der Waals surface area contributed by atoms with Gasteiger partial charge in [0, 0.05) is 17.3 Å². The summed E-state index contributed by atoms with van der Waals surface area (Å²) in [6.07, 6.45) is 4.35. The van der Waals surface area contributed by atoms with Crippen LogP contribution in [0.1, 0.15) is 40.8 Å². The molecule has 0 saturated carbocycles. The summed E-state index contributed by atoms with van der Waals surface area (Å²) in [7, 11) is 1.55. The molecule has 1 aromatic carbocycles. The molecular weight excluding hydrogens is 348 g/mol. The Labute approximate surface area is 154 Å². The summed E-state index contributed by atoms with van der Waals surface area (Å²) in [5.74, 6) is 0.371. The molecule has 1 unspecified atom stereocenters. The van der Waals surface area contributed by atoms with Gasteiger partial charge in [-0.05, 0) is 31.2 Å². The Kier molecular flexibility index (Phi) is 4.32. The molecule has 4 rings (SSSR count). The summed E-state index contributed by atoms with van der Waals surface area (Å²) in [5.41, 5.74) is 1.13. The third-order valence-electron chi connectivity index (χ3n) is 5.01. The van der Waals surface area contributed by atoms with E-state index in [-0.39, 0.29) is 17.2 Å². The molecule has 0 radical (unpaired) electrons. The molecule has 0 aliphatic heterocycles. The van der Waals surface area contributed by atoms with Crippen molar-refractivity contribution in [2.75, 3.05) is 5.32 Å². The second-order valence-electron chi connectivity index (χ2n) is 6.68. The molecule has 1 aliphatic rings. The molecule has 1 N–H and O–H groups in total. The number of aromatic nitrogens is 3. The van der Waals surface area contributed by atoms with Gasteiger partial charge >= 0.3 is 0 Å². The van der Waals surface area contributed by atoms with E-state index < -0.39 is 0 Å². The summed E-state index contributed by atoms with van der Waals surface area (Å²) < 4.78 is 1.20. The van der Waals surface area contributed by atoms with Crippen LogP contribution >= 0.6 is 11.3 Å². The van der Waals surface area contributed by atoms with E-state index in [1.165, 1.54) is 16.0 Å². The lowest BCUT2D eigenvalue weighted by Gasteiger charge is -2.18. The first-order chi connectivity index (χ1) is 12.6. The highest BCUT2D eigenvalue weighted by molar-refractivity contribution is 7.15. The summed E-state index contributed by atoms with van der Waals surface area (Å²) >= 11 is 1.55. The van der Waals surface area contributed by atoms with Crippen molar-refractivity contribution in [2.45, 2.75) is 32.6 Å². The Bertz CT molecular complexity index is 1050. The zero-order valence-corrected chi connectivity index (χ0v) is 15.6. The summed E-state index contributed by atoms with van der Waals surface area (Å²) in [6.45, 7) is 2.22. The van der Waals surface area contributed by atoms with Crippen LogP contribution in [0.25, 0.3) is 10.8 Å². The molecule has 6 nitrogen and oxygen atoms in total. The van der Waals surface area contributed by atoms with Crippen molar-refractivity contribution in [3.8, 4) is 0 Å². The first-order valence-electron chi connectivity index (χ1n) is 8.82. The third kappa shape index (κ3) is 2.92. The fourth-order valence-electron chi connectivity index (χ4n) is 3.47. The Morgan fingerprint density at radius 1 is 1.35 bits per heavy atom. The zero-order valence-electron chi connectivity index (χ0n) is 14.8. The molecule has 3 aromatic rings. The predicted molar refractivity (Wildman–Crippen MR) is 103 cm³/mol. The number of carbonyl (C=O) groups excluding carboxylic acids is 1. The van der Waals surface area contributed by atoms with E-state index in [4.69, 9.17) is 0 Å². The van der Waals surface area contributed by atoms with Gasteiger partial charge in [-0.2, -0.15) is 5.10 Å². The molecule has 134 valence electrons. The van der Waals surface area contributed by atoms with Gasteiger partial charge in [0.1, 0.15) is 0 Å². The van der Waals surface area contributed by atoms with Gasteiger partial charge in [0.25, 0.3) is 11.5 Å². The lowest BCUT2D eigenvalue weighted by molar-refractivity contribution is 0.102. The fraction of sp³-hybridized carbons (Fsp3) is 0.368. The predicted octanol–water partition coefficient (Wildman–Crippen LogP) is 3.16. The molecule has 7 heteroatoms. The number of hydrogen-bond acceptors (Lipinski definition) is 5. The quantitative estimate of drug-likeness (QED) is 0.770. The highest BCUT2D eigenvalue weighted by atomic mass is 32.1. The maximum atomic E-state index is 12.8. The highest BCUT2D eigenvalue weighted by Gasteiger charge is 2.23. The van der Waals surface area contributed by atoms with Crippen molar-refractivity contribution < 1.29 is 4.79 Å². The molecule has 0 saturated heterocycles. The van der Waals surface area contributed by atoms with Gasteiger partial charge < -0.3 is 0 Å². The number of carbonyl (C=O) groups is 1. The summed E-state index contributed by atoms with van der Waals surface area (Å²) in [5, 5.41) is 8.70. The van der Waals surface area contributed by atoms with Gasteiger partial charge in [-0.25, -0.2) is 9.67 Å². The minimum absolute atomic E-state index is 0.215. The van der Waals surface area contributed by atoms with Crippen LogP contribution in [0.15, 0.2) is 29.1 Å². The molecular formula is C19H20N4O2S. The fourth-order valence-corrected chi connectivity index (χ4v) is 4.59. The van der Waals surface area contributed by atoms with Gasteiger partial charge in [0.2, 0.25) is 0 Å². The van der Waals surface area contributed by atoms with E-state index in [1.54, 1.807) is 42.6 Å². The van der Waals surface area contributed by atoms with Crippen LogP contribution in [0.3, 0.4) is 0 Å². The Morgan fingerprint density at radius 2 is 2.12 bits per heavy atom. The SMILES string of the molecule is CCC1CCc2nc(NC(=O)c3nn(C)c(=O)c4ccccc34)sc2C1. The smallest absolute Gasteiger partial charge is 0.278 e. The first kappa shape index (κ1) is 16.9. The first-order valence-corrected chi connectivity index (χ1v) is 9.64. The van der Waals surface area contributed by atoms with Crippen LogP contribution in [0.4, 0.5) is 5.13 Å². The maximum Gasteiger partial charge on any atom is 0.278 e. The number of thiazole rings is 1. The molecule has 1 aliphatic carbocycles. The Morgan fingerprint density at radius 3 is 2.88 bits per heavy atom. The van der Waals surface area contributed by atoms with E-state index in [2.05, 4.69) is 22.3 Å². The summed E-state index contributed by atoms with van der Waals surface area (Å²) in [4.78, 5) is 30.9. The minimum Gasteiger partial charge on any atom is -0.296 e. The van der Waals surface area contributed by atoms with Crippen LogP contribution < -0.4 is 10.9 Å². The number of rotatable bonds is 3. The molecule has 26 heavy (non-hydrogen) atoms. The molecule has 1 atom stereocenters. The van der Waals surface area contributed by atoms with Crippen molar-refractivity contribution in [3.63, 3.8) is 0 Å². The van der Waals surface area contributed by atoms with Crippen LogP contribution in [-0.4, -0.2) is 20.7 Å². The van der Waals surface area contributed by atoms with E-state index >= 15 is 0 Å². The van der Waals surface area contributed by atoms with Crippen molar-refractivity contribution in [3.05, 3.63) is 50.9 Å². The second-order valence-corrected chi connectivity index (χ2v) is 7.77. The van der Waals surface area contributed by atoms with Crippen molar-refractivity contribution in [2.24, 2.45) is 13.0 Å². The van der Waals surface area contributed by atoms with Crippen LogP contribution in [-0.2, 0) is 19.9 Å². The molecule has 0 fully saturated rings. The van der Waals surface area contributed by atoms with E-state index in [0.717, 1.165) is 25.0 Å². The number of amides is 1. The number of aryl methyl sites for hydroxylation is 2. The number of fused-ring (bicyclic) bond motifs is 2. The Hall–Kier alpha value is -2.54. The number of anilines is 1. The number of nitrogens with zero attached hydrogens (tertiary/aromatic N) is 3. The van der Waals surface area contributed by atoms with E-state index in [9.17, 15) is 9.59 Å². The lowest BCUT2D eigenvalue weighted by atomic mass is 9.89. The maximum absolute atomic E-state index is 12.8. The zero-order chi connectivity index (χ0) is 18.3. The normalized spacial score (nSPS) is 16.5. The Balaban J connectivity index is 1.66. The average molecular weight is 368 g/mol. The van der Waals surface area contributed by atoms with Gasteiger partial charge in [0.05, 0.1) is 11.1 Å². The molecule has 0 spiro atoms. The standard InChI is InChI=1S/C19H20N4O2S/c1-3-11-8-9-14-15(10-11)26-19(20-14)21-17(24)16-12-6-4-5-7-13(12)18(25)23(2)22-16/h4-7,11H,3,8-10H2,1-2H3,(H,20,21,24). The number of hydrogen-bond donors (Lipinski definition) is 1. The number of benzene rings is 1. The second kappa shape index (κ2) is 6.64. The third-order valence-corrected chi connectivity index (χ3v) is 6.05. The molecule has 0 bridgehead atoms. The number of nitrogens with one attached hydrogen (secondary N) is 1. The van der Waals surface area contributed by atoms with Crippen LogP contribution in [0.2, 0.25) is 0 Å². The van der Waals surface area contributed by atoms with E-state index in [1.807, 2.05) is 0 Å². The van der Waals surface area contributed by atoms with Crippen LogP contribution in [0.5, 0.6) is 0 Å². The van der Waals surface area contributed by atoms with Gasteiger partial charge in [0.15, 0.2) is 10.8 Å². The largest absolute Gasteiger partial charge is 0.296 e. The average Bonchev–Trinajstić information content (AvgIpc) is 3.05. The van der Waals surface area contributed by atoms with Crippen molar-refractivity contribution in [1.82, 2.24) is 14.8 Å². The van der Waals surface area contributed by atoms with Crippen LogP contribution in [0, 0.1) is 5.92 Å². The van der Waals surface area contributed by atoms with Gasteiger partial charge in [-0.3, -0.25) is 14.9 Å². The topological polar surface area (TPSA) is 76.9 Å². The van der Waals surface area contributed by atoms with Gasteiger partial charge in [-0.1, -0.05) is 31.5 Å². The van der Waals surface area contributed by atoms with E-state index in [0.29, 0.717) is 21.8 Å². The summed E-state index contributed by atoms with van der Waals surface area (Å²) in [6, 6.07) is 7.04. The van der Waals surface area contributed by atoms with Crippen molar-refractivity contribution >= 4 is 33.1 Å². The molecule has 1 amide bonds. The van der Waals surface area contributed by atoms with Gasteiger partial charge in [-0.15, -0.1) is 11.3 Å². The minimum atomic E-state index is -0.338. The molecule has 2 aromatic heterocycles. The lowest BCUT2D eigenvalue weighted by Crippen LogP contribution is -2.25. The molecule has 2 heterocycles. The van der Waals surface area contributed by atoms with Crippen molar-refractivity contribution in [1.29, 1.82) is 0 Å². The highest BCUT2D eigenvalue weighted by Crippen LogP contribution is 2.33. The monoisotopic (exact) mass is 368 g/mol.